The number of benzene rings is 1. The lowest BCUT2D eigenvalue weighted by atomic mass is 10.2. The number of rotatable bonds is 4. The van der Waals surface area contributed by atoms with E-state index in [4.69, 9.17) is 20.8 Å². The maximum atomic E-state index is 13.8. The number of ether oxygens (including phenoxy) is 1. The van der Waals surface area contributed by atoms with Gasteiger partial charge in [-0.3, -0.25) is 4.90 Å². The predicted molar refractivity (Wildman–Crippen MR) is 82.6 cm³/mol. The third-order valence-corrected chi connectivity index (χ3v) is 4.34. The molecule has 3 atom stereocenters. The van der Waals surface area contributed by atoms with E-state index in [-0.39, 0.29) is 12.1 Å². The summed E-state index contributed by atoms with van der Waals surface area (Å²) in [4.78, 5) is 6.31. The molecule has 118 valence electrons. The summed E-state index contributed by atoms with van der Waals surface area (Å²) < 4.78 is 24.8. The average Bonchev–Trinajstić information content (AvgIpc) is 3.14. The lowest BCUT2D eigenvalue weighted by molar-refractivity contribution is 0.0607. The molecule has 1 aromatic carbocycles. The Balaban J connectivity index is 1.75. The van der Waals surface area contributed by atoms with E-state index in [1.807, 2.05) is 24.0 Å². The zero-order valence-electron chi connectivity index (χ0n) is 12.5. The van der Waals surface area contributed by atoms with Gasteiger partial charge >= 0.3 is 0 Å². The first-order chi connectivity index (χ1) is 10.6. The first-order valence-corrected chi connectivity index (χ1v) is 7.59. The van der Waals surface area contributed by atoms with Crippen molar-refractivity contribution < 1.29 is 13.5 Å². The molecule has 1 unspecified atom stereocenters. The van der Waals surface area contributed by atoms with Crippen LogP contribution in [0, 0.1) is 0 Å². The Morgan fingerprint density at radius 2 is 2.09 bits per heavy atom. The number of aromatic nitrogens is 1. The molecule has 1 aliphatic heterocycles. The number of oxazole rings is 1. The highest BCUT2D eigenvalue weighted by molar-refractivity contribution is 6.30. The molecule has 22 heavy (non-hydrogen) atoms. The molecule has 0 amide bonds. The van der Waals surface area contributed by atoms with Gasteiger partial charge < -0.3 is 9.15 Å². The fourth-order valence-corrected chi connectivity index (χ4v) is 2.81. The molecule has 1 saturated heterocycles. The van der Waals surface area contributed by atoms with Crippen molar-refractivity contribution >= 4 is 11.6 Å². The van der Waals surface area contributed by atoms with Crippen molar-refractivity contribution in [2.45, 2.75) is 25.2 Å². The molecular weight excluding hydrogens is 307 g/mol. The van der Waals surface area contributed by atoms with Crippen molar-refractivity contribution in [1.29, 1.82) is 0 Å². The summed E-state index contributed by atoms with van der Waals surface area (Å²) >= 11 is 5.88. The van der Waals surface area contributed by atoms with E-state index in [0.29, 0.717) is 29.8 Å². The molecule has 0 bridgehead atoms. The van der Waals surface area contributed by atoms with Crippen molar-refractivity contribution in [1.82, 2.24) is 9.88 Å². The van der Waals surface area contributed by atoms with Gasteiger partial charge in [0.15, 0.2) is 5.76 Å². The van der Waals surface area contributed by atoms with Crippen LogP contribution in [-0.4, -0.2) is 42.4 Å². The third-order valence-electron chi connectivity index (χ3n) is 4.09. The van der Waals surface area contributed by atoms with Gasteiger partial charge in [-0.05, 0) is 31.2 Å². The number of hydrogen-bond donors (Lipinski definition) is 0. The van der Waals surface area contributed by atoms with Crippen LogP contribution in [0.2, 0.25) is 5.02 Å². The van der Waals surface area contributed by atoms with Crippen LogP contribution in [-0.2, 0) is 4.74 Å². The Hall–Kier alpha value is -1.43. The van der Waals surface area contributed by atoms with Crippen LogP contribution in [0.4, 0.5) is 4.39 Å². The molecule has 0 saturated carbocycles. The lowest BCUT2D eigenvalue weighted by Gasteiger charge is -2.20. The molecule has 1 aliphatic rings. The molecule has 1 fully saturated rings. The van der Waals surface area contributed by atoms with Gasteiger partial charge in [-0.25, -0.2) is 9.37 Å². The van der Waals surface area contributed by atoms with E-state index in [0.717, 1.165) is 5.56 Å². The summed E-state index contributed by atoms with van der Waals surface area (Å²) in [6, 6.07) is 7.27. The van der Waals surface area contributed by atoms with E-state index in [1.165, 1.54) is 7.11 Å². The average molecular weight is 325 g/mol. The van der Waals surface area contributed by atoms with Gasteiger partial charge in [0.1, 0.15) is 12.3 Å². The second-order valence-electron chi connectivity index (χ2n) is 5.49. The van der Waals surface area contributed by atoms with Crippen molar-refractivity contribution in [2.24, 2.45) is 0 Å². The van der Waals surface area contributed by atoms with Gasteiger partial charge in [-0.1, -0.05) is 11.6 Å². The third kappa shape index (κ3) is 3.02. The second kappa shape index (κ2) is 6.36. The van der Waals surface area contributed by atoms with Crippen molar-refractivity contribution in [3.8, 4) is 11.3 Å². The number of hydrogen-bond acceptors (Lipinski definition) is 4. The van der Waals surface area contributed by atoms with Crippen molar-refractivity contribution in [2.75, 3.05) is 20.2 Å². The Morgan fingerprint density at radius 1 is 1.36 bits per heavy atom. The smallest absolute Gasteiger partial charge is 0.211 e. The molecule has 0 N–H and O–H groups in total. The van der Waals surface area contributed by atoms with Gasteiger partial charge in [-0.15, -0.1) is 0 Å². The molecule has 0 radical (unpaired) electrons. The Morgan fingerprint density at radius 3 is 2.73 bits per heavy atom. The van der Waals surface area contributed by atoms with Crippen LogP contribution in [0.1, 0.15) is 18.9 Å². The summed E-state index contributed by atoms with van der Waals surface area (Å²) in [5.74, 6) is 1.26. The van der Waals surface area contributed by atoms with Gasteiger partial charge in [-0.2, -0.15) is 0 Å². The number of nitrogens with zero attached hydrogens (tertiary/aromatic N) is 2. The molecule has 0 spiro atoms. The van der Waals surface area contributed by atoms with Gasteiger partial charge in [0.05, 0.1) is 12.2 Å². The molecular formula is C16H18ClFN2O2. The summed E-state index contributed by atoms with van der Waals surface area (Å²) in [5, 5.41) is 0.675. The van der Waals surface area contributed by atoms with Crippen LogP contribution < -0.4 is 0 Å². The Labute approximate surface area is 133 Å². The topological polar surface area (TPSA) is 38.5 Å². The summed E-state index contributed by atoms with van der Waals surface area (Å²) in [6.07, 6.45) is 0.331. The maximum absolute atomic E-state index is 13.8. The van der Waals surface area contributed by atoms with Gasteiger partial charge in [0, 0.05) is 30.8 Å². The number of alkyl halides is 1. The fraction of sp³-hybridized carbons (Fsp3) is 0.438. The van der Waals surface area contributed by atoms with Crippen molar-refractivity contribution in [3.05, 3.63) is 41.4 Å². The van der Waals surface area contributed by atoms with Crippen LogP contribution >= 0.6 is 11.6 Å². The van der Waals surface area contributed by atoms with Gasteiger partial charge in [0.25, 0.3) is 0 Å². The fourth-order valence-electron chi connectivity index (χ4n) is 2.68. The maximum Gasteiger partial charge on any atom is 0.211 e. The molecule has 6 heteroatoms. The van der Waals surface area contributed by atoms with E-state index >= 15 is 0 Å². The molecule has 0 aliphatic carbocycles. The molecule has 2 aromatic rings. The molecule has 3 rings (SSSR count). The first-order valence-electron chi connectivity index (χ1n) is 7.21. The zero-order chi connectivity index (χ0) is 15.7. The number of likely N-dealkylation sites (tertiary alicyclic amines) is 1. The monoisotopic (exact) mass is 324 g/mol. The van der Waals surface area contributed by atoms with Crippen molar-refractivity contribution in [3.63, 3.8) is 0 Å². The SMILES string of the molecule is CO[C@@H]1CN(C(C)c2ncc(-c3ccc(Cl)cc3)o2)C[C@H]1F. The van der Waals surface area contributed by atoms with E-state index < -0.39 is 6.17 Å². The second-order valence-corrected chi connectivity index (χ2v) is 5.93. The number of methoxy groups -OCH3 is 1. The Kier molecular flexibility index (Phi) is 4.47. The Bertz CT molecular complexity index is 631. The van der Waals surface area contributed by atoms with Crippen LogP contribution in [0.15, 0.2) is 34.9 Å². The van der Waals surface area contributed by atoms with E-state index in [1.54, 1.807) is 18.3 Å². The number of halogens is 2. The highest BCUT2D eigenvalue weighted by Gasteiger charge is 2.36. The van der Waals surface area contributed by atoms with E-state index in [9.17, 15) is 4.39 Å². The minimum atomic E-state index is -0.974. The lowest BCUT2D eigenvalue weighted by Crippen LogP contribution is -2.26. The van der Waals surface area contributed by atoms with E-state index in [2.05, 4.69) is 4.98 Å². The first kappa shape index (κ1) is 15.5. The quantitative estimate of drug-likeness (QED) is 0.859. The summed E-state index contributed by atoms with van der Waals surface area (Å²) in [5.41, 5.74) is 0.912. The van der Waals surface area contributed by atoms with Crippen LogP contribution in [0.25, 0.3) is 11.3 Å². The molecule has 2 heterocycles. The normalized spacial score (nSPS) is 23.8. The minimum absolute atomic E-state index is 0.0977. The zero-order valence-corrected chi connectivity index (χ0v) is 13.3. The summed E-state index contributed by atoms with van der Waals surface area (Å²) in [7, 11) is 1.54. The van der Waals surface area contributed by atoms with Crippen LogP contribution in [0.5, 0.6) is 0 Å². The largest absolute Gasteiger partial charge is 0.439 e. The van der Waals surface area contributed by atoms with Crippen LogP contribution in [0.3, 0.4) is 0 Å². The predicted octanol–water partition coefficient (Wildman–Crippen LogP) is 3.72. The van der Waals surface area contributed by atoms with Gasteiger partial charge in [0.2, 0.25) is 5.89 Å². The molecule has 4 nitrogen and oxygen atoms in total. The standard InChI is InChI=1S/C16H18ClFN2O2/c1-10(20-8-13(18)15(9-20)21-2)16-19-7-14(22-16)11-3-5-12(17)6-4-11/h3-7,10,13,15H,8-9H2,1-2H3/t10?,13-,15-/m1/s1. The minimum Gasteiger partial charge on any atom is -0.439 e. The molecule has 1 aromatic heterocycles. The highest BCUT2D eigenvalue weighted by atomic mass is 35.5. The highest BCUT2D eigenvalue weighted by Crippen LogP contribution is 2.30. The summed E-state index contributed by atoms with van der Waals surface area (Å²) in [6.45, 7) is 2.83.